The zero-order valence-electron chi connectivity index (χ0n) is 37.6. The summed E-state index contributed by atoms with van der Waals surface area (Å²) >= 11 is 0. The summed E-state index contributed by atoms with van der Waals surface area (Å²) < 4.78 is 35.0. The van der Waals surface area contributed by atoms with Gasteiger partial charge < -0.3 is 18.9 Å². The second kappa shape index (κ2) is 41.0. The first-order valence-corrected chi connectivity index (χ1v) is 24.5. The lowest BCUT2D eigenvalue weighted by atomic mass is 10.1. The third-order valence-electron chi connectivity index (χ3n) is 9.56. The van der Waals surface area contributed by atoms with Crippen molar-refractivity contribution < 1.29 is 37.3 Å². The molecule has 0 aliphatic carbocycles. The standard InChI is InChI=1S/C48H88NO7P/c1-6-8-10-12-14-16-18-20-22-23-24-25-26-28-30-32-34-36-38-40-43-53-45-47(46-55-57(51,52)54-44-42-49(3,4)5)56-48(50)41-39-37-35-33-31-29-27-21-19-17-15-13-11-9-7-2/h9,11,15,17,20-22,27,31,33,47H,6-8,10,12-14,16,18-19,23-26,28-30,32,34-46H2,1-5H3/p+1/b11-9-,17-15-,22-20-,27-21-,33-31-. The minimum atomic E-state index is -4.29. The van der Waals surface area contributed by atoms with Gasteiger partial charge in [-0.25, -0.2) is 4.57 Å². The Bertz CT molecular complexity index is 1090. The first kappa shape index (κ1) is 55.2. The average Bonchev–Trinajstić information content (AvgIpc) is 3.16. The van der Waals surface area contributed by atoms with Crippen molar-refractivity contribution in [2.75, 3.05) is 54.1 Å². The van der Waals surface area contributed by atoms with E-state index in [-0.39, 0.29) is 32.2 Å². The minimum Gasteiger partial charge on any atom is -0.457 e. The minimum absolute atomic E-state index is 0.0781. The molecule has 332 valence electrons. The topological polar surface area (TPSA) is 91.3 Å². The number of hydrogen-bond donors (Lipinski definition) is 1. The first-order valence-electron chi connectivity index (χ1n) is 23.0. The third kappa shape index (κ3) is 45.1. The van der Waals surface area contributed by atoms with Crippen LogP contribution in [0.25, 0.3) is 0 Å². The number of hydrogen-bond acceptors (Lipinski definition) is 6. The van der Waals surface area contributed by atoms with Crippen LogP contribution in [-0.2, 0) is 27.9 Å². The van der Waals surface area contributed by atoms with Crippen LogP contribution in [0.4, 0.5) is 0 Å². The number of carbonyl (C=O) groups is 1. The zero-order chi connectivity index (χ0) is 42.0. The average molecular weight is 823 g/mol. The van der Waals surface area contributed by atoms with Gasteiger partial charge in [0.2, 0.25) is 0 Å². The molecule has 0 radical (unpaired) electrons. The summed E-state index contributed by atoms with van der Waals surface area (Å²) in [5, 5.41) is 0. The molecule has 0 bridgehead atoms. The Morgan fingerprint density at radius 2 is 1.02 bits per heavy atom. The van der Waals surface area contributed by atoms with Gasteiger partial charge in [-0.1, -0.05) is 158 Å². The van der Waals surface area contributed by atoms with Crippen LogP contribution in [0.15, 0.2) is 60.8 Å². The summed E-state index contributed by atoms with van der Waals surface area (Å²) in [6, 6.07) is 0. The van der Waals surface area contributed by atoms with Gasteiger partial charge in [-0.05, 0) is 77.0 Å². The van der Waals surface area contributed by atoms with Gasteiger partial charge in [0.25, 0.3) is 0 Å². The molecule has 9 heteroatoms. The number of allylic oxidation sites excluding steroid dienone is 10. The van der Waals surface area contributed by atoms with Crippen molar-refractivity contribution in [2.45, 2.75) is 187 Å². The summed E-state index contributed by atoms with van der Waals surface area (Å²) in [7, 11) is 1.63. The largest absolute Gasteiger partial charge is 0.472 e. The number of esters is 1. The number of phosphoric ester groups is 1. The van der Waals surface area contributed by atoms with Gasteiger partial charge >= 0.3 is 13.8 Å². The maximum atomic E-state index is 12.7. The van der Waals surface area contributed by atoms with Crippen molar-refractivity contribution in [1.29, 1.82) is 0 Å². The molecule has 0 aromatic rings. The fourth-order valence-corrected chi connectivity index (χ4v) is 6.75. The maximum Gasteiger partial charge on any atom is 0.472 e. The predicted octanol–water partition coefficient (Wildman–Crippen LogP) is 13.7. The van der Waals surface area contributed by atoms with Crippen LogP contribution < -0.4 is 0 Å². The number of quaternary nitrogens is 1. The molecular formula is C48H89NO7P+. The van der Waals surface area contributed by atoms with E-state index in [4.69, 9.17) is 18.5 Å². The van der Waals surface area contributed by atoms with Crippen molar-refractivity contribution in [3.8, 4) is 0 Å². The molecule has 0 aliphatic heterocycles. The Hall–Kier alpha value is -1.80. The van der Waals surface area contributed by atoms with Gasteiger partial charge in [-0.15, -0.1) is 0 Å². The Morgan fingerprint density at radius 1 is 0.561 bits per heavy atom. The molecule has 0 aliphatic rings. The molecule has 0 fully saturated rings. The lowest BCUT2D eigenvalue weighted by Gasteiger charge is -2.24. The van der Waals surface area contributed by atoms with Crippen molar-refractivity contribution in [2.24, 2.45) is 0 Å². The van der Waals surface area contributed by atoms with Crippen LogP contribution in [0.2, 0.25) is 0 Å². The van der Waals surface area contributed by atoms with Gasteiger partial charge in [0.05, 0.1) is 34.4 Å². The monoisotopic (exact) mass is 823 g/mol. The molecule has 2 unspecified atom stereocenters. The molecule has 57 heavy (non-hydrogen) atoms. The van der Waals surface area contributed by atoms with Crippen LogP contribution in [0.3, 0.4) is 0 Å². The number of carbonyl (C=O) groups excluding carboxylic acids is 1. The first-order chi connectivity index (χ1) is 27.6. The summed E-state index contributed by atoms with van der Waals surface area (Å²) in [6.45, 7) is 5.44. The van der Waals surface area contributed by atoms with Crippen molar-refractivity contribution >= 4 is 13.8 Å². The maximum absolute atomic E-state index is 12.7. The molecule has 0 aromatic heterocycles. The Labute approximate surface area is 351 Å². The van der Waals surface area contributed by atoms with Crippen LogP contribution in [0, 0.1) is 0 Å². The summed E-state index contributed by atoms with van der Waals surface area (Å²) in [6.07, 6.45) is 51.2. The molecule has 0 saturated heterocycles. The molecule has 1 N–H and O–H groups in total. The number of unbranched alkanes of at least 4 members (excludes halogenated alkanes) is 18. The summed E-state index contributed by atoms with van der Waals surface area (Å²) in [4.78, 5) is 22.9. The lowest BCUT2D eigenvalue weighted by molar-refractivity contribution is -0.870. The normalized spacial score (nSPS) is 14.3. The molecule has 0 aromatic carbocycles. The molecule has 0 saturated carbocycles. The Kier molecular flexibility index (Phi) is 39.7. The van der Waals surface area contributed by atoms with Gasteiger partial charge in [-0.2, -0.15) is 0 Å². The number of nitrogens with zero attached hydrogens (tertiary/aromatic N) is 1. The fourth-order valence-electron chi connectivity index (χ4n) is 6.01. The van der Waals surface area contributed by atoms with Crippen LogP contribution in [0.1, 0.15) is 181 Å². The van der Waals surface area contributed by atoms with E-state index in [1.807, 2.05) is 21.1 Å². The van der Waals surface area contributed by atoms with Crippen LogP contribution >= 0.6 is 7.82 Å². The second-order valence-electron chi connectivity index (χ2n) is 16.4. The summed E-state index contributed by atoms with van der Waals surface area (Å²) in [5.41, 5.74) is 0. The summed E-state index contributed by atoms with van der Waals surface area (Å²) in [5.74, 6) is -0.355. The van der Waals surface area contributed by atoms with Crippen molar-refractivity contribution in [1.82, 2.24) is 0 Å². The second-order valence-corrected chi connectivity index (χ2v) is 17.9. The Balaban J connectivity index is 4.24. The highest BCUT2D eigenvalue weighted by molar-refractivity contribution is 7.47. The highest BCUT2D eigenvalue weighted by Gasteiger charge is 2.26. The van der Waals surface area contributed by atoms with Crippen LogP contribution in [-0.4, -0.2) is 75.6 Å². The highest BCUT2D eigenvalue weighted by atomic mass is 31.2. The molecule has 0 rings (SSSR count). The van der Waals surface area contributed by atoms with Crippen LogP contribution in [0.5, 0.6) is 0 Å². The fraction of sp³-hybridized carbons (Fsp3) is 0.771. The van der Waals surface area contributed by atoms with Gasteiger partial charge in [0.15, 0.2) is 0 Å². The molecule has 2 atom stereocenters. The Morgan fingerprint density at radius 3 is 1.54 bits per heavy atom. The number of ether oxygens (including phenoxy) is 2. The third-order valence-corrected chi connectivity index (χ3v) is 10.5. The van der Waals surface area contributed by atoms with E-state index in [2.05, 4.69) is 74.6 Å². The van der Waals surface area contributed by atoms with Gasteiger partial charge in [0, 0.05) is 13.0 Å². The van der Waals surface area contributed by atoms with Crippen molar-refractivity contribution in [3.05, 3.63) is 60.8 Å². The number of rotatable bonds is 42. The lowest BCUT2D eigenvalue weighted by Crippen LogP contribution is -2.37. The molecule has 0 spiro atoms. The SMILES string of the molecule is CC/C=C\C/C=C\C/C=C\C/C=C\CCCCC(=O)OC(COCCCCCCCCCCCC/C=C\CCCCCCCC)COP(=O)(O)OCC[N+](C)(C)C. The molecule has 8 nitrogen and oxygen atoms in total. The predicted molar refractivity (Wildman–Crippen MR) is 242 cm³/mol. The number of likely N-dealkylation sites (N-methyl/N-ethyl adjacent to an activating group) is 1. The quantitative estimate of drug-likeness (QED) is 0.0215. The van der Waals surface area contributed by atoms with Crippen molar-refractivity contribution in [3.63, 3.8) is 0 Å². The smallest absolute Gasteiger partial charge is 0.457 e. The van der Waals surface area contributed by atoms with Gasteiger partial charge in [0.1, 0.15) is 19.3 Å². The van der Waals surface area contributed by atoms with E-state index in [1.165, 1.54) is 103 Å². The van der Waals surface area contributed by atoms with Gasteiger partial charge in [-0.3, -0.25) is 13.8 Å². The number of phosphoric acid groups is 1. The molecular weight excluding hydrogens is 734 g/mol. The molecule has 0 heterocycles. The van der Waals surface area contributed by atoms with E-state index in [9.17, 15) is 14.3 Å². The highest BCUT2D eigenvalue weighted by Crippen LogP contribution is 2.43. The van der Waals surface area contributed by atoms with E-state index in [0.717, 1.165) is 51.4 Å². The van der Waals surface area contributed by atoms with E-state index in [0.29, 0.717) is 24.1 Å². The van der Waals surface area contributed by atoms with E-state index in [1.54, 1.807) is 0 Å². The van der Waals surface area contributed by atoms with E-state index < -0.39 is 13.9 Å². The molecule has 0 amide bonds. The van der Waals surface area contributed by atoms with E-state index >= 15 is 0 Å². The zero-order valence-corrected chi connectivity index (χ0v) is 38.5.